The molecule has 1 heterocycles. The topological polar surface area (TPSA) is 97.0 Å². The van der Waals surface area contributed by atoms with Gasteiger partial charge in [0.05, 0.1) is 13.7 Å². The first-order valence-electron chi connectivity index (χ1n) is 9.65. The summed E-state index contributed by atoms with van der Waals surface area (Å²) >= 11 is 0. The van der Waals surface area contributed by atoms with Gasteiger partial charge in [0.25, 0.3) is 5.91 Å². The van der Waals surface area contributed by atoms with Crippen molar-refractivity contribution >= 4 is 23.5 Å². The molecule has 0 radical (unpaired) electrons. The molecule has 1 atom stereocenters. The highest BCUT2D eigenvalue weighted by Crippen LogP contribution is 2.27. The highest BCUT2D eigenvalue weighted by Gasteiger charge is 2.48. The first-order valence-corrected chi connectivity index (χ1v) is 9.65. The first kappa shape index (κ1) is 21.2. The summed E-state index contributed by atoms with van der Waals surface area (Å²) in [6.07, 6.45) is 0.249. The predicted octanol–water partition coefficient (Wildman–Crippen LogP) is 2.59. The molecule has 8 nitrogen and oxygen atoms in total. The highest BCUT2D eigenvalue weighted by atomic mass is 16.5. The second-order valence-corrected chi connectivity index (χ2v) is 7.15. The predicted molar refractivity (Wildman–Crippen MR) is 112 cm³/mol. The number of ether oxygens (including phenoxy) is 2. The van der Waals surface area contributed by atoms with E-state index in [4.69, 9.17) is 9.47 Å². The van der Waals surface area contributed by atoms with Crippen molar-refractivity contribution in [3.8, 4) is 11.5 Å². The minimum Gasteiger partial charge on any atom is -0.496 e. The number of imide groups is 1. The Morgan fingerprint density at radius 2 is 1.83 bits per heavy atom. The van der Waals surface area contributed by atoms with Crippen LogP contribution >= 0.6 is 0 Å². The number of amides is 4. The van der Waals surface area contributed by atoms with Crippen LogP contribution < -0.4 is 20.1 Å². The minimum absolute atomic E-state index is 0.249. The third kappa shape index (κ3) is 4.53. The van der Waals surface area contributed by atoms with Crippen LogP contribution in [0.3, 0.4) is 0 Å². The van der Waals surface area contributed by atoms with Crippen LogP contribution in [0.15, 0.2) is 48.5 Å². The molecule has 8 heteroatoms. The summed E-state index contributed by atoms with van der Waals surface area (Å²) in [5, 5.41) is 5.39. The molecule has 2 aromatic carbocycles. The van der Waals surface area contributed by atoms with Crippen molar-refractivity contribution in [1.29, 1.82) is 0 Å². The largest absolute Gasteiger partial charge is 0.496 e. The fourth-order valence-electron chi connectivity index (χ4n) is 3.39. The van der Waals surface area contributed by atoms with Crippen LogP contribution in [-0.4, -0.2) is 48.5 Å². The van der Waals surface area contributed by atoms with Crippen LogP contribution in [0.4, 0.5) is 10.5 Å². The van der Waals surface area contributed by atoms with Gasteiger partial charge in [-0.05, 0) is 49.7 Å². The van der Waals surface area contributed by atoms with Gasteiger partial charge in [0.1, 0.15) is 23.6 Å². The average Bonchev–Trinajstić information content (AvgIpc) is 2.93. The molecule has 0 aliphatic carbocycles. The lowest BCUT2D eigenvalue weighted by Crippen LogP contribution is -2.46. The zero-order chi connectivity index (χ0) is 21.7. The van der Waals surface area contributed by atoms with Gasteiger partial charge in [0.15, 0.2) is 0 Å². The van der Waals surface area contributed by atoms with Gasteiger partial charge in [0.2, 0.25) is 5.91 Å². The standard InChI is InChI=1S/C22H25N3O5/c1-4-30-17-11-9-16(10-12-17)23-19(26)14-25-20(27)22(2,24-21(25)28)13-15-7-5-6-8-18(15)29-3/h5-12H,4,13-14H2,1-3H3,(H,23,26)(H,24,28)/t22-/m0/s1. The van der Waals surface area contributed by atoms with Crippen molar-refractivity contribution in [2.45, 2.75) is 25.8 Å². The monoisotopic (exact) mass is 411 g/mol. The van der Waals surface area contributed by atoms with E-state index in [1.165, 1.54) is 0 Å². The fourth-order valence-corrected chi connectivity index (χ4v) is 3.39. The van der Waals surface area contributed by atoms with Crippen molar-refractivity contribution < 1.29 is 23.9 Å². The van der Waals surface area contributed by atoms with Gasteiger partial charge in [-0.1, -0.05) is 18.2 Å². The molecule has 2 aromatic rings. The first-order chi connectivity index (χ1) is 14.4. The third-order valence-electron chi connectivity index (χ3n) is 4.83. The summed E-state index contributed by atoms with van der Waals surface area (Å²) < 4.78 is 10.7. The number of hydrogen-bond donors (Lipinski definition) is 2. The molecule has 1 aliphatic heterocycles. The lowest BCUT2D eigenvalue weighted by Gasteiger charge is -2.22. The molecule has 3 rings (SSSR count). The maximum atomic E-state index is 13.0. The van der Waals surface area contributed by atoms with Gasteiger partial charge in [0, 0.05) is 12.1 Å². The van der Waals surface area contributed by atoms with Crippen LogP contribution in [0.5, 0.6) is 11.5 Å². The average molecular weight is 411 g/mol. The Balaban J connectivity index is 1.66. The Labute approximate surface area is 175 Å². The normalized spacial score (nSPS) is 18.2. The number of carbonyl (C=O) groups excluding carboxylic acids is 3. The summed E-state index contributed by atoms with van der Waals surface area (Å²) in [7, 11) is 1.55. The molecule has 1 aliphatic rings. The molecule has 2 N–H and O–H groups in total. The molecule has 0 aromatic heterocycles. The fraction of sp³-hybridized carbons (Fsp3) is 0.318. The Hall–Kier alpha value is -3.55. The minimum atomic E-state index is -1.16. The second kappa shape index (κ2) is 8.86. The maximum absolute atomic E-state index is 13.0. The van der Waals surface area contributed by atoms with Gasteiger partial charge >= 0.3 is 6.03 Å². The molecule has 1 fully saturated rings. The van der Waals surface area contributed by atoms with Gasteiger partial charge in [-0.25, -0.2) is 4.79 Å². The summed E-state index contributed by atoms with van der Waals surface area (Å²) in [4.78, 5) is 38.7. The van der Waals surface area contributed by atoms with Crippen molar-refractivity contribution in [2.75, 3.05) is 25.6 Å². The zero-order valence-corrected chi connectivity index (χ0v) is 17.2. The van der Waals surface area contributed by atoms with Crippen molar-refractivity contribution in [2.24, 2.45) is 0 Å². The van der Waals surface area contributed by atoms with E-state index in [1.807, 2.05) is 25.1 Å². The number of carbonyl (C=O) groups is 3. The number of para-hydroxylation sites is 1. The molecule has 30 heavy (non-hydrogen) atoms. The molecule has 0 bridgehead atoms. The summed E-state index contributed by atoms with van der Waals surface area (Å²) in [6, 6.07) is 13.6. The zero-order valence-electron chi connectivity index (χ0n) is 17.2. The number of nitrogens with one attached hydrogen (secondary N) is 2. The molecule has 4 amide bonds. The van der Waals surface area contributed by atoms with Gasteiger partial charge in [-0.15, -0.1) is 0 Å². The highest BCUT2D eigenvalue weighted by molar-refractivity contribution is 6.10. The van der Waals surface area contributed by atoms with Crippen LogP contribution in [0.25, 0.3) is 0 Å². The van der Waals surface area contributed by atoms with Gasteiger partial charge < -0.3 is 20.1 Å². The number of benzene rings is 2. The number of hydrogen-bond acceptors (Lipinski definition) is 5. The van der Waals surface area contributed by atoms with E-state index in [0.29, 0.717) is 23.8 Å². The van der Waals surface area contributed by atoms with E-state index in [9.17, 15) is 14.4 Å². The summed E-state index contributed by atoms with van der Waals surface area (Å²) in [6.45, 7) is 3.70. The molecule has 0 unspecified atom stereocenters. The van der Waals surface area contributed by atoms with Crippen LogP contribution in [0.1, 0.15) is 19.4 Å². The number of urea groups is 1. The van der Waals surface area contributed by atoms with E-state index >= 15 is 0 Å². The van der Waals surface area contributed by atoms with Gasteiger partial charge in [-0.3, -0.25) is 14.5 Å². The Kier molecular flexibility index (Phi) is 6.25. The van der Waals surface area contributed by atoms with E-state index in [-0.39, 0.29) is 13.0 Å². The summed E-state index contributed by atoms with van der Waals surface area (Å²) in [5.41, 5.74) is 0.176. The number of methoxy groups -OCH3 is 1. The van der Waals surface area contributed by atoms with Gasteiger partial charge in [-0.2, -0.15) is 0 Å². The lowest BCUT2D eigenvalue weighted by molar-refractivity contribution is -0.133. The quantitative estimate of drug-likeness (QED) is 0.651. The molecule has 0 saturated carbocycles. The van der Waals surface area contributed by atoms with Crippen LogP contribution in [0, 0.1) is 0 Å². The SMILES string of the molecule is CCOc1ccc(NC(=O)CN2C(=O)N[C@@](C)(Cc3ccccc3OC)C2=O)cc1. The molecule has 158 valence electrons. The van der Waals surface area contributed by atoms with Crippen molar-refractivity contribution in [1.82, 2.24) is 10.2 Å². The smallest absolute Gasteiger partial charge is 0.325 e. The number of anilines is 1. The number of rotatable bonds is 8. The second-order valence-electron chi connectivity index (χ2n) is 7.15. The molecular weight excluding hydrogens is 386 g/mol. The third-order valence-corrected chi connectivity index (χ3v) is 4.83. The van der Waals surface area contributed by atoms with E-state index in [0.717, 1.165) is 10.5 Å². The van der Waals surface area contributed by atoms with Crippen LogP contribution in [0.2, 0.25) is 0 Å². The van der Waals surface area contributed by atoms with Crippen LogP contribution in [-0.2, 0) is 16.0 Å². The maximum Gasteiger partial charge on any atom is 0.325 e. The number of nitrogens with zero attached hydrogens (tertiary/aromatic N) is 1. The Bertz CT molecular complexity index is 944. The molecule has 1 saturated heterocycles. The molecular formula is C22H25N3O5. The summed E-state index contributed by atoms with van der Waals surface area (Å²) in [5.74, 6) is 0.397. The Morgan fingerprint density at radius 1 is 1.13 bits per heavy atom. The van der Waals surface area contributed by atoms with Crippen molar-refractivity contribution in [3.05, 3.63) is 54.1 Å². The van der Waals surface area contributed by atoms with E-state index < -0.39 is 23.4 Å². The van der Waals surface area contributed by atoms with E-state index in [2.05, 4.69) is 10.6 Å². The van der Waals surface area contributed by atoms with E-state index in [1.54, 1.807) is 44.4 Å². The van der Waals surface area contributed by atoms with Crippen molar-refractivity contribution in [3.63, 3.8) is 0 Å². The molecule has 0 spiro atoms. The lowest BCUT2D eigenvalue weighted by atomic mass is 9.92. The Morgan fingerprint density at radius 3 is 2.50 bits per heavy atom.